The van der Waals surface area contributed by atoms with Crippen molar-refractivity contribution in [1.29, 1.82) is 0 Å². The zero-order valence-electron chi connectivity index (χ0n) is 21.3. The standard InChI is InChI=1S/C26H37N7O2/c1-5-13-30-15-17-31(18-16-30)14-9-12-27-25(34)21(4)33-26(35)23-20(3)32(22-10-7-6-8-11-22)29-24(23)19(2)28-33/h6-8,10-11,21H,5,9,12-18H2,1-4H3,(H,27,34)/t21-/m0/s1. The Morgan fingerprint density at radius 1 is 1.03 bits per heavy atom. The fraction of sp³-hybridized carbons (Fsp3) is 0.538. The minimum absolute atomic E-state index is 0.195. The summed E-state index contributed by atoms with van der Waals surface area (Å²) in [5, 5.41) is 12.6. The molecule has 3 aromatic rings. The second-order valence-corrected chi connectivity index (χ2v) is 9.40. The highest BCUT2D eigenvalue weighted by Gasteiger charge is 2.23. The van der Waals surface area contributed by atoms with Gasteiger partial charge in [0.15, 0.2) is 0 Å². The maximum Gasteiger partial charge on any atom is 0.278 e. The largest absolute Gasteiger partial charge is 0.354 e. The minimum Gasteiger partial charge on any atom is -0.354 e. The topological polar surface area (TPSA) is 88.3 Å². The molecule has 1 aromatic carbocycles. The second-order valence-electron chi connectivity index (χ2n) is 9.40. The van der Waals surface area contributed by atoms with Gasteiger partial charge in [-0.3, -0.25) is 9.59 Å². The Labute approximate surface area is 206 Å². The first-order valence-corrected chi connectivity index (χ1v) is 12.7. The Bertz CT molecular complexity index is 1210. The first-order chi connectivity index (χ1) is 16.9. The molecule has 0 bridgehead atoms. The van der Waals surface area contributed by atoms with Crippen molar-refractivity contribution in [2.75, 3.05) is 45.8 Å². The number of rotatable bonds is 9. The van der Waals surface area contributed by atoms with Gasteiger partial charge in [0.1, 0.15) is 11.6 Å². The minimum atomic E-state index is -0.706. The number of fused-ring (bicyclic) bond motifs is 1. The molecule has 1 saturated heterocycles. The number of hydrogen-bond donors (Lipinski definition) is 1. The average Bonchev–Trinajstić information content (AvgIpc) is 3.23. The summed E-state index contributed by atoms with van der Waals surface area (Å²) in [5.41, 5.74) is 2.52. The summed E-state index contributed by atoms with van der Waals surface area (Å²) in [6, 6.07) is 8.99. The van der Waals surface area contributed by atoms with Crippen molar-refractivity contribution in [2.24, 2.45) is 0 Å². The summed E-state index contributed by atoms with van der Waals surface area (Å²) < 4.78 is 3.06. The molecule has 188 valence electrons. The normalized spacial score (nSPS) is 16.0. The van der Waals surface area contributed by atoms with Crippen LogP contribution < -0.4 is 10.9 Å². The molecule has 9 heteroatoms. The molecule has 0 radical (unpaired) electrons. The molecule has 1 atom stereocenters. The van der Waals surface area contributed by atoms with Gasteiger partial charge in [-0.25, -0.2) is 9.36 Å². The van der Waals surface area contributed by atoms with Crippen molar-refractivity contribution in [1.82, 2.24) is 34.7 Å². The molecular weight excluding hydrogens is 442 g/mol. The van der Waals surface area contributed by atoms with E-state index < -0.39 is 6.04 Å². The Kier molecular flexibility index (Phi) is 7.97. The van der Waals surface area contributed by atoms with Gasteiger partial charge in [0.05, 0.1) is 22.5 Å². The summed E-state index contributed by atoms with van der Waals surface area (Å²) in [5.74, 6) is -0.195. The van der Waals surface area contributed by atoms with Crippen LogP contribution in [0.4, 0.5) is 0 Å². The molecule has 1 aliphatic heterocycles. The highest BCUT2D eigenvalue weighted by atomic mass is 16.2. The number of carbonyl (C=O) groups is 1. The van der Waals surface area contributed by atoms with E-state index in [1.54, 1.807) is 11.6 Å². The summed E-state index contributed by atoms with van der Waals surface area (Å²) >= 11 is 0. The van der Waals surface area contributed by atoms with Gasteiger partial charge in [-0.05, 0) is 58.8 Å². The number of benzene rings is 1. The van der Waals surface area contributed by atoms with Crippen LogP contribution in [0, 0.1) is 13.8 Å². The van der Waals surface area contributed by atoms with Crippen molar-refractivity contribution in [3.05, 3.63) is 52.1 Å². The highest BCUT2D eigenvalue weighted by molar-refractivity contribution is 5.84. The molecule has 9 nitrogen and oxygen atoms in total. The Morgan fingerprint density at radius 3 is 2.34 bits per heavy atom. The van der Waals surface area contributed by atoms with E-state index in [2.05, 4.69) is 32.2 Å². The first-order valence-electron chi connectivity index (χ1n) is 12.7. The van der Waals surface area contributed by atoms with Crippen molar-refractivity contribution in [3.63, 3.8) is 0 Å². The number of nitrogens with one attached hydrogen (secondary N) is 1. The van der Waals surface area contributed by atoms with E-state index in [4.69, 9.17) is 0 Å². The first kappa shape index (κ1) is 25.1. The van der Waals surface area contributed by atoms with E-state index in [0.29, 0.717) is 23.1 Å². The van der Waals surface area contributed by atoms with Gasteiger partial charge in [-0.15, -0.1) is 0 Å². The van der Waals surface area contributed by atoms with Gasteiger partial charge in [0, 0.05) is 32.7 Å². The van der Waals surface area contributed by atoms with Gasteiger partial charge in [-0.2, -0.15) is 10.2 Å². The van der Waals surface area contributed by atoms with E-state index in [9.17, 15) is 9.59 Å². The lowest BCUT2D eigenvalue weighted by Crippen LogP contribution is -2.47. The lowest BCUT2D eigenvalue weighted by molar-refractivity contribution is -0.124. The predicted molar refractivity (Wildman–Crippen MR) is 138 cm³/mol. The molecule has 1 amide bonds. The molecule has 0 unspecified atom stereocenters. The molecular formula is C26H37N7O2. The van der Waals surface area contributed by atoms with Crippen LogP contribution >= 0.6 is 0 Å². The highest BCUT2D eigenvalue weighted by Crippen LogP contribution is 2.20. The van der Waals surface area contributed by atoms with E-state index >= 15 is 0 Å². The van der Waals surface area contributed by atoms with Crippen molar-refractivity contribution in [3.8, 4) is 5.69 Å². The van der Waals surface area contributed by atoms with Crippen LogP contribution in [0.3, 0.4) is 0 Å². The number of para-hydroxylation sites is 1. The van der Waals surface area contributed by atoms with E-state index in [0.717, 1.165) is 50.5 Å². The molecule has 4 rings (SSSR count). The molecule has 35 heavy (non-hydrogen) atoms. The lowest BCUT2D eigenvalue weighted by atomic mass is 10.2. The maximum absolute atomic E-state index is 13.4. The number of hydrogen-bond acceptors (Lipinski definition) is 6. The van der Waals surface area contributed by atoms with Crippen LogP contribution in [0.5, 0.6) is 0 Å². The summed E-state index contributed by atoms with van der Waals surface area (Å²) in [6.45, 7) is 14.8. The van der Waals surface area contributed by atoms with Crippen molar-refractivity contribution >= 4 is 16.8 Å². The summed E-state index contributed by atoms with van der Waals surface area (Å²) in [7, 11) is 0. The number of nitrogens with zero attached hydrogens (tertiary/aromatic N) is 6. The third kappa shape index (κ3) is 5.46. The van der Waals surface area contributed by atoms with E-state index in [1.807, 2.05) is 44.2 Å². The Hall–Kier alpha value is -3.04. The molecule has 3 heterocycles. The fourth-order valence-corrected chi connectivity index (χ4v) is 4.79. The molecule has 0 aliphatic carbocycles. The molecule has 0 saturated carbocycles. The number of aromatic nitrogens is 4. The van der Waals surface area contributed by atoms with Gasteiger partial charge in [0.25, 0.3) is 5.56 Å². The van der Waals surface area contributed by atoms with Crippen LogP contribution in [0.2, 0.25) is 0 Å². The van der Waals surface area contributed by atoms with E-state index in [-0.39, 0.29) is 11.5 Å². The lowest BCUT2D eigenvalue weighted by Gasteiger charge is -2.34. The van der Waals surface area contributed by atoms with Crippen molar-refractivity contribution in [2.45, 2.75) is 46.6 Å². The van der Waals surface area contributed by atoms with Crippen molar-refractivity contribution < 1.29 is 4.79 Å². The Balaban J connectivity index is 1.40. The second kappa shape index (κ2) is 11.1. The monoisotopic (exact) mass is 479 g/mol. The third-order valence-corrected chi connectivity index (χ3v) is 6.84. The zero-order chi connectivity index (χ0) is 24.9. The number of amides is 1. The van der Waals surface area contributed by atoms with Crippen LogP contribution in [0.1, 0.15) is 44.1 Å². The molecule has 1 N–H and O–H groups in total. The van der Waals surface area contributed by atoms with E-state index in [1.165, 1.54) is 17.6 Å². The zero-order valence-corrected chi connectivity index (χ0v) is 21.3. The van der Waals surface area contributed by atoms with Crippen LogP contribution in [-0.4, -0.2) is 81.1 Å². The van der Waals surface area contributed by atoms with Crippen LogP contribution in [-0.2, 0) is 4.79 Å². The van der Waals surface area contributed by atoms with Crippen LogP contribution in [0.25, 0.3) is 16.6 Å². The smallest absolute Gasteiger partial charge is 0.278 e. The molecule has 1 fully saturated rings. The van der Waals surface area contributed by atoms with Gasteiger partial charge < -0.3 is 15.1 Å². The van der Waals surface area contributed by atoms with Gasteiger partial charge >= 0.3 is 0 Å². The molecule has 1 aliphatic rings. The number of aryl methyl sites for hydroxylation is 2. The average molecular weight is 480 g/mol. The maximum atomic E-state index is 13.4. The molecule has 2 aromatic heterocycles. The quantitative estimate of drug-likeness (QED) is 0.474. The van der Waals surface area contributed by atoms with Gasteiger partial charge in [0.2, 0.25) is 5.91 Å². The van der Waals surface area contributed by atoms with Gasteiger partial charge in [-0.1, -0.05) is 25.1 Å². The van der Waals surface area contributed by atoms with Crippen LogP contribution in [0.15, 0.2) is 35.1 Å². The number of piperazine rings is 1. The Morgan fingerprint density at radius 2 is 1.69 bits per heavy atom. The summed E-state index contributed by atoms with van der Waals surface area (Å²) in [4.78, 5) is 31.2. The fourth-order valence-electron chi connectivity index (χ4n) is 4.79. The summed E-state index contributed by atoms with van der Waals surface area (Å²) in [6.07, 6.45) is 2.08. The SMILES string of the molecule is CCCN1CCN(CCCNC(=O)[C@H](C)n2nc(C)c3nn(-c4ccccc4)c(C)c3c2=O)CC1. The molecule has 0 spiro atoms. The predicted octanol–water partition coefficient (Wildman–Crippen LogP) is 2.29. The third-order valence-electron chi connectivity index (χ3n) is 6.84. The number of carbonyl (C=O) groups excluding carboxylic acids is 1.